The average molecular weight is 237 g/mol. The van der Waals surface area contributed by atoms with Crippen LogP contribution in [0.4, 0.5) is 0 Å². The van der Waals surface area contributed by atoms with Gasteiger partial charge in [-0.2, -0.15) is 0 Å². The molecule has 0 aliphatic heterocycles. The molecule has 1 unspecified atom stereocenters. The highest BCUT2D eigenvalue weighted by molar-refractivity contribution is 5.94. The van der Waals surface area contributed by atoms with Gasteiger partial charge in [0.1, 0.15) is 5.60 Å². The summed E-state index contributed by atoms with van der Waals surface area (Å²) in [5.41, 5.74) is 0.443. The summed E-state index contributed by atoms with van der Waals surface area (Å²) in [4.78, 5) is 11.7. The van der Waals surface area contributed by atoms with Gasteiger partial charge in [-0.15, -0.1) is 0 Å². The van der Waals surface area contributed by atoms with E-state index in [1.165, 1.54) is 12.5 Å². The van der Waals surface area contributed by atoms with Gasteiger partial charge in [-0.05, 0) is 31.0 Å². The lowest BCUT2D eigenvalue weighted by Gasteiger charge is -2.20. The Hall–Kier alpha value is -1.39. The molecule has 0 aliphatic carbocycles. The molecule has 1 aromatic carbocycles. The van der Waals surface area contributed by atoms with Gasteiger partial charge in [0, 0.05) is 12.1 Å². The number of benzene rings is 1. The summed E-state index contributed by atoms with van der Waals surface area (Å²) in [6.07, 6.45) is 0.932. The van der Waals surface area contributed by atoms with Gasteiger partial charge in [0.05, 0.1) is 6.61 Å². The summed E-state index contributed by atoms with van der Waals surface area (Å²) in [7, 11) is 0. The van der Waals surface area contributed by atoms with E-state index in [-0.39, 0.29) is 19.1 Å². The van der Waals surface area contributed by atoms with E-state index in [0.29, 0.717) is 5.56 Å². The van der Waals surface area contributed by atoms with Crippen LogP contribution in [0.15, 0.2) is 24.3 Å². The largest absolute Gasteiger partial charge is 0.393 e. The molecule has 0 spiro atoms. The minimum absolute atomic E-state index is 0.0257. The Morgan fingerprint density at radius 3 is 2.41 bits per heavy atom. The zero-order chi connectivity index (χ0) is 12.9. The van der Waals surface area contributed by atoms with Crippen LogP contribution >= 0.6 is 0 Å². The van der Waals surface area contributed by atoms with Crippen LogP contribution in [0.25, 0.3) is 0 Å². The number of rotatable bonds is 5. The molecule has 0 heterocycles. The highest BCUT2D eigenvalue weighted by Gasteiger charge is 2.19. The Kier molecular flexibility index (Phi) is 4.66. The lowest BCUT2D eigenvalue weighted by molar-refractivity contribution is 0.00320. The molecule has 0 saturated carbocycles. The quantitative estimate of drug-likeness (QED) is 0.707. The first kappa shape index (κ1) is 13.7. The smallest absolute Gasteiger partial charge is 0.251 e. The van der Waals surface area contributed by atoms with Crippen LogP contribution < -0.4 is 5.32 Å². The van der Waals surface area contributed by atoms with Crippen molar-refractivity contribution >= 4 is 5.91 Å². The van der Waals surface area contributed by atoms with Crippen molar-refractivity contribution in [3.8, 4) is 0 Å². The molecule has 0 aromatic heterocycles. The number of aliphatic hydroxyl groups excluding tert-OH is 1. The first-order valence-corrected chi connectivity index (χ1v) is 5.69. The molecule has 17 heavy (non-hydrogen) atoms. The minimum atomic E-state index is -1.28. The SMILES string of the molecule is CCc1ccc(C(=O)NCC(C)(O)CO)cc1. The maximum atomic E-state index is 11.7. The molecule has 1 aromatic rings. The van der Waals surface area contributed by atoms with Crippen molar-refractivity contribution in [3.63, 3.8) is 0 Å². The number of aryl methyl sites for hydroxylation is 1. The fraction of sp³-hybridized carbons (Fsp3) is 0.462. The molecule has 1 rings (SSSR count). The summed E-state index contributed by atoms with van der Waals surface area (Å²) in [5.74, 6) is -0.249. The molecule has 4 nitrogen and oxygen atoms in total. The average Bonchev–Trinajstić information content (AvgIpc) is 2.36. The zero-order valence-corrected chi connectivity index (χ0v) is 10.2. The van der Waals surface area contributed by atoms with Gasteiger partial charge in [-0.25, -0.2) is 0 Å². The Morgan fingerprint density at radius 2 is 1.94 bits per heavy atom. The van der Waals surface area contributed by atoms with Crippen molar-refractivity contribution in [3.05, 3.63) is 35.4 Å². The second kappa shape index (κ2) is 5.80. The van der Waals surface area contributed by atoms with E-state index < -0.39 is 5.60 Å². The van der Waals surface area contributed by atoms with Crippen LogP contribution in [0.5, 0.6) is 0 Å². The predicted molar refractivity (Wildman–Crippen MR) is 65.9 cm³/mol. The van der Waals surface area contributed by atoms with Crippen molar-refractivity contribution in [2.24, 2.45) is 0 Å². The molecule has 0 bridgehead atoms. The zero-order valence-electron chi connectivity index (χ0n) is 10.2. The number of nitrogens with one attached hydrogen (secondary N) is 1. The second-order valence-corrected chi connectivity index (χ2v) is 4.39. The summed E-state index contributed by atoms with van der Waals surface area (Å²) < 4.78 is 0. The molecule has 4 heteroatoms. The Balaban J connectivity index is 2.58. The van der Waals surface area contributed by atoms with Crippen molar-refractivity contribution in [2.75, 3.05) is 13.2 Å². The number of carbonyl (C=O) groups excluding carboxylic acids is 1. The van der Waals surface area contributed by atoms with E-state index in [4.69, 9.17) is 5.11 Å². The van der Waals surface area contributed by atoms with Gasteiger partial charge in [-0.1, -0.05) is 19.1 Å². The Bertz CT molecular complexity index is 371. The highest BCUT2D eigenvalue weighted by atomic mass is 16.3. The van der Waals surface area contributed by atoms with Crippen molar-refractivity contribution < 1.29 is 15.0 Å². The maximum Gasteiger partial charge on any atom is 0.251 e. The van der Waals surface area contributed by atoms with E-state index in [2.05, 4.69) is 5.32 Å². The van der Waals surface area contributed by atoms with E-state index >= 15 is 0 Å². The topological polar surface area (TPSA) is 69.6 Å². The first-order valence-electron chi connectivity index (χ1n) is 5.69. The van der Waals surface area contributed by atoms with Crippen LogP contribution in [0.2, 0.25) is 0 Å². The third-order valence-electron chi connectivity index (χ3n) is 2.59. The number of carbonyl (C=O) groups is 1. The van der Waals surface area contributed by atoms with Gasteiger partial charge < -0.3 is 15.5 Å². The summed E-state index contributed by atoms with van der Waals surface area (Å²) >= 11 is 0. The fourth-order valence-corrected chi connectivity index (χ4v) is 1.32. The van der Waals surface area contributed by atoms with Crippen LogP contribution in [0.3, 0.4) is 0 Å². The lowest BCUT2D eigenvalue weighted by atomic mass is 10.1. The summed E-state index contributed by atoms with van der Waals surface area (Å²) in [6, 6.07) is 7.31. The maximum absolute atomic E-state index is 11.7. The lowest BCUT2D eigenvalue weighted by Crippen LogP contribution is -2.43. The minimum Gasteiger partial charge on any atom is -0.393 e. The highest BCUT2D eigenvalue weighted by Crippen LogP contribution is 2.06. The standard InChI is InChI=1S/C13H19NO3/c1-3-10-4-6-11(7-5-10)12(16)14-8-13(2,17)9-15/h4-7,15,17H,3,8-9H2,1-2H3,(H,14,16). The monoisotopic (exact) mass is 237 g/mol. The van der Waals surface area contributed by atoms with E-state index in [0.717, 1.165) is 6.42 Å². The number of amides is 1. The Labute approximate surface area is 101 Å². The normalized spacial score (nSPS) is 14.1. The van der Waals surface area contributed by atoms with Gasteiger partial charge in [-0.3, -0.25) is 4.79 Å². The molecular formula is C13H19NO3. The van der Waals surface area contributed by atoms with Gasteiger partial charge in [0.25, 0.3) is 5.91 Å². The first-order chi connectivity index (χ1) is 7.98. The molecular weight excluding hydrogens is 218 g/mol. The van der Waals surface area contributed by atoms with Crippen LogP contribution in [0, 0.1) is 0 Å². The Morgan fingerprint density at radius 1 is 1.35 bits per heavy atom. The summed E-state index contributed by atoms with van der Waals surface area (Å²) in [5, 5.41) is 21.0. The number of aliphatic hydroxyl groups is 2. The molecule has 0 fully saturated rings. The molecule has 94 valence electrons. The number of hydrogen-bond acceptors (Lipinski definition) is 3. The predicted octanol–water partition coefficient (Wildman–Crippen LogP) is 0.722. The second-order valence-electron chi connectivity index (χ2n) is 4.39. The fourth-order valence-electron chi connectivity index (χ4n) is 1.32. The van der Waals surface area contributed by atoms with E-state index in [1.807, 2.05) is 19.1 Å². The third kappa shape index (κ3) is 4.17. The molecule has 1 amide bonds. The van der Waals surface area contributed by atoms with Crippen LogP contribution in [-0.2, 0) is 6.42 Å². The van der Waals surface area contributed by atoms with Crippen molar-refractivity contribution in [1.29, 1.82) is 0 Å². The van der Waals surface area contributed by atoms with E-state index in [1.54, 1.807) is 12.1 Å². The number of hydrogen-bond donors (Lipinski definition) is 3. The molecule has 0 aliphatic rings. The molecule has 0 radical (unpaired) electrons. The van der Waals surface area contributed by atoms with Gasteiger partial charge in [0.15, 0.2) is 0 Å². The summed E-state index contributed by atoms with van der Waals surface area (Å²) in [6.45, 7) is 3.15. The molecule has 3 N–H and O–H groups in total. The molecule has 1 atom stereocenters. The van der Waals surface area contributed by atoms with Crippen molar-refractivity contribution in [1.82, 2.24) is 5.32 Å². The molecule has 0 saturated heterocycles. The third-order valence-corrected chi connectivity index (χ3v) is 2.59. The van der Waals surface area contributed by atoms with Gasteiger partial charge >= 0.3 is 0 Å². The van der Waals surface area contributed by atoms with E-state index in [9.17, 15) is 9.90 Å². The van der Waals surface area contributed by atoms with Crippen LogP contribution in [-0.4, -0.2) is 34.9 Å². The van der Waals surface area contributed by atoms with Crippen LogP contribution in [0.1, 0.15) is 29.8 Å². The van der Waals surface area contributed by atoms with Gasteiger partial charge in [0.2, 0.25) is 0 Å². The van der Waals surface area contributed by atoms with Crippen molar-refractivity contribution in [2.45, 2.75) is 25.9 Å².